The molecule has 0 saturated carbocycles. The van der Waals surface area contributed by atoms with E-state index in [0.717, 1.165) is 5.56 Å². The van der Waals surface area contributed by atoms with Gasteiger partial charge in [-0.05, 0) is 25.3 Å². The number of piperidine rings is 1. The first kappa shape index (κ1) is 23.5. The van der Waals surface area contributed by atoms with Crippen LogP contribution in [0.5, 0.6) is 0 Å². The molecule has 1 saturated heterocycles. The number of alkyl halides is 3. The van der Waals surface area contributed by atoms with Gasteiger partial charge < -0.3 is 10.6 Å². The summed E-state index contributed by atoms with van der Waals surface area (Å²) in [5.74, 6) is 0.577. The number of benzene rings is 1. The second-order valence-electron chi connectivity index (χ2n) is 7.71. The van der Waals surface area contributed by atoms with Gasteiger partial charge in [0, 0.05) is 31.1 Å². The number of halogens is 3. The first-order valence-corrected chi connectivity index (χ1v) is 11.1. The molecule has 1 heterocycles. The van der Waals surface area contributed by atoms with Crippen molar-refractivity contribution < 1.29 is 21.6 Å². The molecule has 164 valence electrons. The van der Waals surface area contributed by atoms with Crippen LogP contribution < -0.4 is 10.6 Å². The summed E-state index contributed by atoms with van der Waals surface area (Å²) in [4.78, 5) is 4.65. The molecule has 29 heavy (non-hydrogen) atoms. The predicted octanol–water partition coefficient (Wildman–Crippen LogP) is 2.83. The van der Waals surface area contributed by atoms with Gasteiger partial charge in [0.2, 0.25) is 0 Å². The third kappa shape index (κ3) is 6.08. The molecule has 0 bridgehead atoms. The highest BCUT2D eigenvalue weighted by Gasteiger charge is 2.50. The number of hydrogen-bond donors (Lipinski definition) is 2. The van der Waals surface area contributed by atoms with E-state index in [1.165, 1.54) is 0 Å². The molecule has 1 fully saturated rings. The Morgan fingerprint density at radius 3 is 2.28 bits per heavy atom. The standard InChI is InChI=1S/C19H29F3N4O2S/c1-4-23-17(24-14-18(2,3)15-8-6-5-7-9-15)25-16-10-12-26(13-11-16)29(27,28)19(20,21)22/h5-9,16H,4,10-14H2,1-3H3,(H2,23,24,25). The summed E-state index contributed by atoms with van der Waals surface area (Å²) in [6, 6.07) is 9.87. The summed E-state index contributed by atoms with van der Waals surface area (Å²) >= 11 is 0. The summed E-state index contributed by atoms with van der Waals surface area (Å²) in [5.41, 5.74) is -4.29. The zero-order chi connectivity index (χ0) is 21.7. The lowest BCUT2D eigenvalue weighted by Gasteiger charge is -2.32. The maximum atomic E-state index is 12.7. The number of guanidine groups is 1. The zero-order valence-corrected chi connectivity index (χ0v) is 17.8. The molecule has 1 aliphatic rings. The van der Waals surface area contributed by atoms with Crippen molar-refractivity contribution in [1.82, 2.24) is 14.9 Å². The van der Waals surface area contributed by atoms with E-state index in [-0.39, 0.29) is 37.4 Å². The van der Waals surface area contributed by atoms with Crippen molar-refractivity contribution in [3.8, 4) is 0 Å². The number of aliphatic imine (C=N–C) groups is 1. The van der Waals surface area contributed by atoms with E-state index < -0.39 is 15.5 Å². The molecule has 1 aromatic carbocycles. The molecule has 0 amide bonds. The highest BCUT2D eigenvalue weighted by Crippen LogP contribution is 2.29. The van der Waals surface area contributed by atoms with Crippen LogP contribution in [0.4, 0.5) is 13.2 Å². The monoisotopic (exact) mass is 434 g/mol. The molecule has 2 N–H and O–H groups in total. The van der Waals surface area contributed by atoms with Gasteiger partial charge in [0.1, 0.15) is 0 Å². The fourth-order valence-corrected chi connectivity index (χ4v) is 4.14. The Bertz CT molecular complexity index is 787. The minimum absolute atomic E-state index is 0.146. The highest BCUT2D eigenvalue weighted by atomic mass is 32.2. The average Bonchev–Trinajstić information content (AvgIpc) is 2.66. The molecule has 0 radical (unpaired) electrons. The van der Waals surface area contributed by atoms with Crippen molar-refractivity contribution in [1.29, 1.82) is 0 Å². The normalized spacial score (nSPS) is 17.9. The molecular formula is C19H29F3N4O2S. The first-order chi connectivity index (χ1) is 13.5. The van der Waals surface area contributed by atoms with Gasteiger partial charge in [-0.25, -0.2) is 8.42 Å². The van der Waals surface area contributed by atoms with Crippen LogP contribution in [-0.4, -0.2) is 56.4 Å². The van der Waals surface area contributed by atoms with Crippen LogP contribution in [0.25, 0.3) is 0 Å². The topological polar surface area (TPSA) is 73.8 Å². The third-order valence-corrected chi connectivity index (χ3v) is 6.59. The smallest absolute Gasteiger partial charge is 0.357 e. The van der Waals surface area contributed by atoms with Crippen molar-refractivity contribution in [2.75, 3.05) is 26.2 Å². The fourth-order valence-electron chi connectivity index (χ4n) is 3.16. The Labute approximate surface area is 170 Å². The number of nitrogens with one attached hydrogen (secondary N) is 2. The van der Waals surface area contributed by atoms with Gasteiger partial charge in [-0.1, -0.05) is 44.2 Å². The maximum absolute atomic E-state index is 12.7. The molecule has 0 spiro atoms. The van der Waals surface area contributed by atoms with Gasteiger partial charge >= 0.3 is 15.5 Å². The summed E-state index contributed by atoms with van der Waals surface area (Å²) in [6.45, 7) is 6.93. The van der Waals surface area contributed by atoms with Gasteiger partial charge in [0.15, 0.2) is 5.96 Å². The van der Waals surface area contributed by atoms with Crippen LogP contribution >= 0.6 is 0 Å². The van der Waals surface area contributed by atoms with Gasteiger partial charge in [-0.15, -0.1) is 0 Å². The minimum atomic E-state index is -5.26. The van der Waals surface area contributed by atoms with Gasteiger partial charge in [0.25, 0.3) is 0 Å². The summed E-state index contributed by atoms with van der Waals surface area (Å²) < 4.78 is 61.7. The molecule has 6 nitrogen and oxygen atoms in total. The van der Waals surface area contributed by atoms with Crippen LogP contribution in [0, 0.1) is 0 Å². The Balaban J connectivity index is 1.99. The Morgan fingerprint density at radius 2 is 1.76 bits per heavy atom. The molecule has 0 aliphatic carbocycles. The fraction of sp³-hybridized carbons (Fsp3) is 0.632. The Morgan fingerprint density at radius 1 is 1.17 bits per heavy atom. The summed E-state index contributed by atoms with van der Waals surface area (Å²) in [7, 11) is -5.26. The molecule has 1 aromatic rings. The molecular weight excluding hydrogens is 405 g/mol. The van der Waals surface area contributed by atoms with Crippen molar-refractivity contribution in [3.05, 3.63) is 35.9 Å². The number of sulfonamides is 1. The summed E-state index contributed by atoms with van der Waals surface area (Å²) in [6.07, 6.45) is 0.559. The van der Waals surface area contributed by atoms with Crippen molar-refractivity contribution in [2.24, 2.45) is 4.99 Å². The van der Waals surface area contributed by atoms with E-state index >= 15 is 0 Å². The molecule has 1 aliphatic heterocycles. The van der Waals surface area contributed by atoms with Gasteiger partial charge in [0.05, 0.1) is 6.54 Å². The summed E-state index contributed by atoms with van der Waals surface area (Å²) in [5, 5.41) is 6.37. The zero-order valence-electron chi connectivity index (χ0n) is 17.0. The molecule has 0 atom stereocenters. The van der Waals surface area contributed by atoms with Crippen molar-refractivity contribution >= 4 is 16.0 Å². The van der Waals surface area contributed by atoms with Crippen LogP contribution in [-0.2, 0) is 15.4 Å². The molecule has 0 aromatic heterocycles. The minimum Gasteiger partial charge on any atom is -0.357 e. The van der Waals surface area contributed by atoms with Gasteiger partial charge in [-0.3, -0.25) is 4.99 Å². The highest BCUT2D eigenvalue weighted by molar-refractivity contribution is 7.90. The number of rotatable bonds is 6. The van der Waals surface area contributed by atoms with Crippen LogP contribution in [0.15, 0.2) is 35.3 Å². The SMILES string of the molecule is CCNC(=NCC(C)(C)c1ccccc1)NC1CCN(S(=O)(=O)C(F)(F)F)CC1. The van der Waals surface area contributed by atoms with E-state index in [1.807, 2.05) is 37.3 Å². The lowest BCUT2D eigenvalue weighted by Crippen LogP contribution is -2.51. The molecule has 10 heteroatoms. The van der Waals surface area contributed by atoms with E-state index in [0.29, 0.717) is 23.4 Å². The van der Waals surface area contributed by atoms with E-state index in [1.54, 1.807) is 0 Å². The van der Waals surface area contributed by atoms with E-state index in [9.17, 15) is 21.6 Å². The third-order valence-electron chi connectivity index (χ3n) is 4.96. The van der Waals surface area contributed by atoms with Crippen molar-refractivity contribution in [3.63, 3.8) is 0 Å². The first-order valence-electron chi connectivity index (χ1n) is 9.64. The van der Waals surface area contributed by atoms with Crippen LogP contribution in [0.2, 0.25) is 0 Å². The molecule has 2 rings (SSSR count). The maximum Gasteiger partial charge on any atom is 0.511 e. The van der Waals surface area contributed by atoms with Crippen LogP contribution in [0.1, 0.15) is 39.2 Å². The Hall–Kier alpha value is -1.81. The average molecular weight is 435 g/mol. The van der Waals surface area contributed by atoms with Crippen molar-refractivity contribution in [2.45, 2.75) is 50.6 Å². The quantitative estimate of drug-likeness (QED) is 0.533. The predicted molar refractivity (Wildman–Crippen MR) is 108 cm³/mol. The Kier molecular flexibility index (Phi) is 7.56. The van der Waals surface area contributed by atoms with Gasteiger partial charge in [-0.2, -0.15) is 17.5 Å². The lowest BCUT2D eigenvalue weighted by atomic mass is 9.85. The lowest BCUT2D eigenvalue weighted by molar-refractivity contribution is -0.0494. The van der Waals surface area contributed by atoms with E-state index in [2.05, 4.69) is 29.5 Å². The van der Waals surface area contributed by atoms with Crippen LogP contribution in [0.3, 0.4) is 0 Å². The van der Waals surface area contributed by atoms with E-state index in [4.69, 9.17) is 0 Å². The second-order valence-corrected chi connectivity index (χ2v) is 9.64. The number of nitrogens with zero attached hydrogens (tertiary/aromatic N) is 2. The number of hydrogen-bond acceptors (Lipinski definition) is 3. The second kappa shape index (κ2) is 9.34. The molecule has 0 unspecified atom stereocenters. The largest absolute Gasteiger partial charge is 0.511 e.